The highest BCUT2D eigenvalue weighted by atomic mass is 32.1. The van der Waals surface area contributed by atoms with Gasteiger partial charge in [-0.2, -0.15) is 0 Å². The minimum atomic E-state index is -0.307. The molecule has 1 atom stereocenters. The van der Waals surface area contributed by atoms with Crippen LogP contribution in [-0.2, 0) is 0 Å². The van der Waals surface area contributed by atoms with Crippen LogP contribution in [0.5, 0.6) is 0 Å². The maximum atomic E-state index is 12.0. The normalized spacial score (nSPS) is 12.3. The third-order valence-corrected chi connectivity index (χ3v) is 4.31. The average Bonchev–Trinajstić information content (AvgIpc) is 3.12. The van der Waals surface area contributed by atoms with Gasteiger partial charge in [0.1, 0.15) is 0 Å². The first-order valence-electron chi connectivity index (χ1n) is 6.90. The summed E-state index contributed by atoms with van der Waals surface area (Å²) in [7, 11) is 0. The Morgan fingerprint density at radius 3 is 3.05 bits per heavy atom. The number of nitrogens with one attached hydrogen (secondary N) is 2. The predicted octanol–water partition coefficient (Wildman–Crippen LogP) is 2.42. The molecule has 3 rings (SSSR count). The maximum absolute atomic E-state index is 12.0. The van der Waals surface area contributed by atoms with Gasteiger partial charge in [0.15, 0.2) is 5.65 Å². The Bertz CT molecular complexity index is 795. The van der Waals surface area contributed by atoms with Crippen molar-refractivity contribution in [2.75, 3.05) is 11.9 Å². The Balaban J connectivity index is 1.58. The first kappa shape index (κ1) is 14.5. The second-order valence-electron chi connectivity index (χ2n) is 5.00. The minimum absolute atomic E-state index is 0.166. The van der Waals surface area contributed by atoms with E-state index in [1.54, 1.807) is 21.9 Å². The molecule has 0 bridgehead atoms. The number of aryl methyl sites for hydroxylation is 1. The van der Waals surface area contributed by atoms with Gasteiger partial charge < -0.3 is 5.32 Å². The zero-order chi connectivity index (χ0) is 15.5. The fraction of sp³-hybridized carbons (Fsp3) is 0.286. The highest BCUT2D eigenvalue weighted by molar-refractivity contribution is 7.11. The van der Waals surface area contributed by atoms with Crippen LogP contribution in [0.15, 0.2) is 30.6 Å². The van der Waals surface area contributed by atoms with E-state index in [1.165, 1.54) is 4.88 Å². The monoisotopic (exact) mass is 316 g/mol. The smallest absolute Gasteiger partial charge is 0.321 e. The Morgan fingerprint density at radius 2 is 2.27 bits per heavy atom. The number of hydrogen-bond acceptors (Lipinski definition) is 5. The molecule has 3 aromatic heterocycles. The van der Waals surface area contributed by atoms with Crippen LogP contribution in [0.2, 0.25) is 0 Å². The molecule has 0 fully saturated rings. The van der Waals surface area contributed by atoms with E-state index in [0.717, 1.165) is 5.01 Å². The highest BCUT2D eigenvalue weighted by Gasteiger charge is 2.12. The van der Waals surface area contributed by atoms with Crippen molar-refractivity contribution in [3.8, 4) is 0 Å². The van der Waals surface area contributed by atoms with Crippen LogP contribution in [0.4, 0.5) is 10.7 Å². The number of thiazole rings is 1. The number of carbonyl (C=O) groups is 1. The van der Waals surface area contributed by atoms with Crippen LogP contribution in [0, 0.1) is 6.92 Å². The number of aromatic nitrogens is 4. The van der Waals surface area contributed by atoms with Gasteiger partial charge in [0.2, 0.25) is 5.95 Å². The molecule has 22 heavy (non-hydrogen) atoms. The molecular formula is C14H16N6OS. The topological polar surface area (TPSA) is 84.2 Å². The molecule has 3 aromatic rings. The molecule has 0 aliphatic rings. The van der Waals surface area contributed by atoms with Crippen molar-refractivity contribution in [1.82, 2.24) is 24.9 Å². The lowest BCUT2D eigenvalue weighted by Gasteiger charge is -2.10. The Labute approximate surface area is 131 Å². The number of fused-ring (bicyclic) bond motifs is 1. The van der Waals surface area contributed by atoms with E-state index in [1.807, 2.05) is 38.2 Å². The molecule has 0 unspecified atom stereocenters. The van der Waals surface area contributed by atoms with E-state index in [9.17, 15) is 4.79 Å². The molecular weight excluding hydrogens is 300 g/mol. The summed E-state index contributed by atoms with van der Waals surface area (Å²) in [6.07, 6.45) is 3.64. The van der Waals surface area contributed by atoms with Gasteiger partial charge in [-0.25, -0.2) is 9.78 Å². The molecule has 114 valence electrons. The first-order valence-corrected chi connectivity index (χ1v) is 7.72. The summed E-state index contributed by atoms with van der Waals surface area (Å²) in [5.74, 6) is 0.561. The van der Waals surface area contributed by atoms with E-state index >= 15 is 0 Å². The third-order valence-electron chi connectivity index (χ3n) is 3.17. The number of pyridine rings is 1. The lowest BCUT2D eigenvalue weighted by Crippen LogP contribution is -2.32. The maximum Gasteiger partial charge on any atom is 0.321 e. The van der Waals surface area contributed by atoms with E-state index in [4.69, 9.17) is 0 Å². The summed E-state index contributed by atoms with van der Waals surface area (Å²) in [5, 5.41) is 14.5. The van der Waals surface area contributed by atoms with Crippen molar-refractivity contribution in [3.05, 3.63) is 40.5 Å². The molecule has 0 saturated carbocycles. The Morgan fingerprint density at radius 1 is 1.41 bits per heavy atom. The van der Waals surface area contributed by atoms with Crippen molar-refractivity contribution in [1.29, 1.82) is 0 Å². The first-order chi connectivity index (χ1) is 10.6. The zero-order valence-electron chi connectivity index (χ0n) is 12.3. The number of urea groups is 1. The zero-order valence-corrected chi connectivity index (χ0v) is 13.1. The van der Waals surface area contributed by atoms with Crippen molar-refractivity contribution < 1.29 is 4.79 Å². The van der Waals surface area contributed by atoms with Crippen LogP contribution in [0.3, 0.4) is 0 Å². The van der Waals surface area contributed by atoms with Gasteiger partial charge in [-0.15, -0.1) is 21.5 Å². The molecule has 0 aliphatic carbocycles. The summed E-state index contributed by atoms with van der Waals surface area (Å²) in [6, 6.07) is 5.24. The highest BCUT2D eigenvalue weighted by Crippen LogP contribution is 2.20. The van der Waals surface area contributed by atoms with Gasteiger partial charge in [0.25, 0.3) is 0 Å². The molecule has 0 aromatic carbocycles. The fourth-order valence-corrected chi connectivity index (χ4v) is 2.83. The molecule has 0 saturated heterocycles. The number of anilines is 1. The summed E-state index contributed by atoms with van der Waals surface area (Å²) < 4.78 is 1.72. The van der Waals surface area contributed by atoms with Crippen molar-refractivity contribution in [3.63, 3.8) is 0 Å². The molecule has 7 nitrogen and oxygen atoms in total. The van der Waals surface area contributed by atoms with Gasteiger partial charge in [-0.3, -0.25) is 9.72 Å². The Hall–Kier alpha value is -2.48. The van der Waals surface area contributed by atoms with Gasteiger partial charge in [-0.05, 0) is 19.1 Å². The van der Waals surface area contributed by atoms with Crippen LogP contribution in [-0.4, -0.2) is 32.2 Å². The van der Waals surface area contributed by atoms with E-state index in [0.29, 0.717) is 18.1 Å². The Kier molecular flexibility index (Phi) is 4.01. The molecule has 0 spiro atoms. The molecule has 8 heteroatoms. The quantitative estimate of drug-likeness (QED) is 0.774. The minimum Gasteiger partial charge on any atom is -0.337 e. The lowest BCUT2D eigenvalue weighted by molar-refractivity contribution is 0.251. The number of amides is 2. The van der Waals surface area contributed by atoms with Gasteiger partial charge in [0, 0.05) is 29.7 Å². The van der Waals surface area contributed by atoms with Gasteiger partial charge >= 0.3 is 6.03 Å². The van der Waals surface area contributed by atoms with Crippen LogP contribution >= 0.6 is 11.3 Å². The predicted molar refractivity (Wildman–Crippen MR) is 85.3 cm³/mol. The summed E-state index contributed by atoms with van der Waals surface area (Å²) in [6.45, 7) is 4.56. The van der Waals surface area contributed by atoms with Crippen molar-refractivity contribution >= 4 is 29.0 Å². The second-order valence-corrected chi connectivity index (χ2v) is 6.26. The molecule has 0 radical (unpaired) electrons. The number of nitrogens with zero attached hydrogens (tertiary/aromatic N) is 4. The largest absolute Gasteiger partial charge is 0.337 e. The summed E-state index contributed by atoms with van der Waals surface area (Å²) >= 11 is 1.65. The van der Waals surface area contributed by atoms with E-state index < -0.39 is 0 Å². The summed E-state index contributed by atoms with van der Waals surface area (Å²) in [5.41, 5.74) is 0.685. The van der Waals surface area contributed by atoms with Crippen LogP contribution in [0.1, 0.15) is 22.7 Å². The van der Waals surface area contributed by atoms with Gasteiger partial charge in [0.05, 0.1) is 5.01 Å². The molecule has 3 heterocycles. The number of hydrogen-bond donors (Lipinski definition) is 2. The van der Waals surface area contributed by atoms with Crippen LogP contribution in [0.25, 0.3) is 5.65 Å². The fourth-order valence-electron chi connectivity index (χ4n) is 2.01. The van der Waals surface area contributed by atoms with Crippen LogP contribution < -0.4 is 10.6 Å². The van der Waals surface area contributed by atoms with E-state index in [2.05, 4.69) is 25.8 Å². The summed E-state index contributed by atoms with van der Waals surface area (Å²) in [4.78, 5) is 17.5. The third kappa shape index (κ3) is 3.06. The average molecular weight is 316 g/mol. The molecule has 0 aliphatic heterocycles. The standard InChI is InChI=1S/C14H16N6OS/c1-9(12-15-8-10(2)22-12)7-16-14(21)17-13-19-18-11-5-3-4-6-20(11)13/h3-6,8-9H,7H2,1-2H3,(H2,16,17,19,21)/t9-/m0/s1. The van der Waals surface area contributed by atoms with E-state index in [-0.39, 0.29) is 11.9 Å². The van der Waals surface area contributed by atoms with Gasteiger partial charge in [-0.1, -0.05) is 13.0 Å². The lowest BCUT2D eigenvalue weighted by atomic mass is 10.2. The molecule has 2 amide bonds. The van der Waals surface area contributed by atoms with Crippen molar-refractivity contribution in [2.24, 2.45) is 0 Å². The number of rotatable bonds is 4. The van der Waals surface area contributed by atoms with Crippen molar-refractivity contribution in [2.45, 2.75) is 19.8 Å². The SMILES string of the molecule is Cc1cnc([C@@H](C)CNC(=O)Nc2nnc3ccccn23)s1. The number of carbonyl (C=O) groups excluding carboxylic acids is 1. The molecule has 2 N–H and O–H groups in total. The second kappa shape index (κ2) is 6.10.